The van der Waals surface area contributed by atoms with Crippen molar-refractivity contribution in [1.29, 1.82) is 0 Å². The average molecular weight is 537 g/mol. The van der Waals surface area contributed by atoms with E-state index in [0.29, 0.717) is 26.4 Å². The standard InChI is InChI=1S/C23H16Cl3N3O2S2/c24-17-8-9-18(25)22(26)16(17)12-31-15-5-3-4-14(10-15)11-27-29-21(30)13-32-23-28-19-6-1-2-7-20(19)33-23/h1-11H,12-13H2,(H,29,30)/b27-11+. The number of carbonyl (C=O) groups is 1. The fraction of sp³-hybridized carbons (Fsp3) is 0.0870. The third-order valence-corrected chi connectivity index (χ3v) is 7.76. The summed E-state index contributed by atoms with van der Waals surface area (Å²) in [5.74, 6) is 0.610. The lowest BCUT2D eigenvalue weighted by atomic mass is 10.2. The third-order valence-electron chi connectivity index (χ3n) is 4.38. The van der Waals surface area contributed by atoms with Gasteiger partial charge in [0.1, 0.15) is 12.4 Å². The van der Waals surface area contributed by atoms with Gasteiger partial charge in [0, 0.05) is 10.6 Å². The van der Waals surface area contributed by atoms with E-state index in [-0.39, 0.29) is 18.3 Å². The van der Waals surface area contributed by atoms with Gasteiger partial charge in [0.15, 0.2) is 4.34 Å². The lowest BCUT2D eigenvalue weighted by Crippen LogP contribution is -2.19. The van der Waals surface area contributed by atoms with Gasteiger partial charge in [0.25, 0.3) is 5.91 Å². The van der Waals surface area contributed by atoms with Crippen molar-refractivity contribution in [2.24, 2.45) is 5.10 Å². The van der Waals surface area contributed by atoms with Crippen LogP contribution in [-0.4, -0.2) is 22.9 Å². The molecule has 0 unspecified atom stereocenters. The highest BCUT2D eigenvalue weighted by Crippen LogP contribution is 2.32. The summed E-state index contributed by atoms with van der Waals surface area (Å²) < 4.78 is 7.75. The summed E-state index contributed by atoms with van der Waals surface area (Å²) in [5.41, 5.74) is 4.84. The van der Waals surface area contributed by atoms with Crippen molar-refractivity contribution >= 4 is 80.2 Å². The van der Waals surface area contributed by atoms with Crippen LogP contribution < -0.4 is 10.2 Å². The smallest absolute Gasteiger partial charge is 0.250 e. The largest absolute Gasteiger partial charge is 0.489 e. The van der Waals surface area contributed by atoms with E-state index in [9.17, 15) is 4.79 Å². The molecule has 4 aromatic rings. The summed E-state index contributed by atoms with van der Waals surface area (Å²) >= 11 is 21.4. The van der Waals surface area contributed by atoms with Gasteiger partial charge >= 0.3 is 0 Å². The van der Waals surface area contributed by atoms with Crippen molar-refractivity contribution in [1.82, 2.24) is 10.4 Å². The molecule has 0 saturated carbocycles. The zero-order chi connectivity index (χ0) is 23.2. The van der Waals surface area contributed by atoms with Crippen LogP contribution in [0.2, 0.25) is 15.1 Å². The van der Waals surface area contributed by atoms with E-state index in [1.807, 2.05) is 36.4 Å². The molecule has 1 amide bonds. The number of hydrazone groups is 1. The van der Waals surface area contributed by atoms with Crippen LogP contribution in [0.3, 0.4) is 0 Å². The maximum atomic E-state index is 12.1. The molecule has 0 atom stereocenters. The first-order chi connectivity index (χ1) is 16.0. The van der Waals surface area contributed by atoms with Gasteiger partial charge in [-0.25, -0.2) is 10.4 Å². The second-order valence-corrected chi connectivity index (χ2v) is 10.2. The van der Waals surface area contributed by atoms with Crippen molar-refractivity contribution in [2.45, 2.75) is 10.9 Å². The molecule has 0 aliphatic rings. The minimum absolute atomic E-state index is 0.165. The number of aromatic nitrogens is 1. The Morgan fingerprint density at radius 2 is 1.91 bits per heavy atom. The number of nitrogens with zero attached hydrogens (tertiary/aromatic N) is 2. The van der Waals surface area contributed by atoms with E-state index in [2.05, 4.69) is 15.5 Å². The van der Waals surface area contributed by atoms with Gasteiger partial charge in [-0.05, 0) is 42.0 Å². The minimum atomic E-state index is -0.215. The number of hydrogen-bond donors (Lipinski definition) is 1. The van der Waals surface area contributed by atoms with Crippen LogP contribution in [0.25, 0.3) is 10.2 Å². The molecule has 0 saturated heterocycles. The van der Waals surface area contributed by atoms with Crippen LogP contribution in [0.4, 0.5) is 0 Å². The number of nitrogens with one attached hydrogen (secondary N) is 1. The molecule has 0 aliphatic heterocycles. The molecule has 33 heavy (non-hydrogen) atoms. The molecule has 4 rings (SSSR count). The van der Waals surface area contributed by atoms with Gasteiger partial charge < -0.3 is 4.74 Å². The number of thioether (sulfide) groups is 1. The van der Waals surface area contributed by atoms with Crippen LogP contribution in [0, 0.1) is 0 Å². The van der Waals surface area contributed by atoms with Gasteiger partial charge in [-0.15, -0.1) is 11.3 Å². The Morgan fingerprint density at radius 3 is 2.76 bits per heavy atom. The molecule has 5 nitrogen and oxygen atoms in total. The van der Waals surface area contributed by atoms with Crippen molar-refractivity contribution in [3.05, 3.63) is 86.9 Å². The average Bonchev–Trinajstić information content (AvgIpc) is 3.24. The number of benzene rings is 3. The topological polar surface area (TPSA) is 63.6 Å². The molecular formula is C23H16Cl3N3O2S2. The predicted molar refractivity (Wildman–Crippen MR) is 138 cm³/mol. The fourth-order valence-electron chi connectivity index (χ4n) is 2.79. The highest BCUT2D eigenvalue weighted by atomic mass is 35.5. The molecule has 1 aromatic heterocycles. The first-order valence-electron chi connectivity index (χ1n) is 9.65. The Labute approximate surface area is 213 Å². The monoisotopic (exact) mass is 535 g/mol. The highest BCUT2D eigenvalue weighted by Gasteiger charge is 2.11. The summed E-state index contributed by atoms with van der Waals surface area (Å²) in [6.45, 7) is 0.165. The van der Waals surface area contributed by atoms with E-state index in [1.54, 1.807) is 41.8 Å². The van der Waals surface area contributed by atoms with Crippen molar-refractivity contribution < 1.29 is 9.53 Å². The number of fused-ring (bicyclic) bond motifs is 1. The zero-order valence-corrected chi connectivity index (χ0v) is 20.8. The van der Waals surface area contributed by atoms with Crippen molar-refractivity contribution in [2.75, 3.05) is 5.75 Å². The molecule has 0 fully saturated rings. The Hall–Kier alpha value is -2.29. The summed E-state index contributed by atoms with van der Waals surface area (Å²) in [4.78, 5) is 16.6. The molecule has 3 aromatic carbocycles. The van der Waals surface area contributed by atoms with E-state index >= 15 is 0 Å². The summed E-state index contributed by atoms with van der Waals surface area (Å²) in [5, 5.41) is 5.29. The Bertz CT molecular complexity index is 1290. The molecular weight excluding hydrogens is 521 g/mol. The molecule has 10 heteroatoms. The first kappa shape index (κ1) is 23.9. The van der Waals surface area contributed by atoms with Gasteiger partial charge in [0.2, 0.25) is 0 Å². The summed E-state index contributed by atoms with van der Waals surface area (Å²) in [6, 6.07) is 18.5. The molecule has 0 aliphatic carbocycles. The summed E-state index contributed by atoms with van der Waals surface area (Å²) in [6.07, 6.45) is 1.55. The maximum absolute atomic E-state index is 12.1. The van der Waals surface area contributed by atoms with E-state index in [0.717, 1.165) is 20.1 Å². The first-order valence-corrected chi connectivity index (χ1v) is 12.6. The molecule has 1 N–H and O–H groups in total. The van der Waals surface area contributed by atoms with Gasteiger partial charge in [-0.3, -0.25) is 4.79 Å². The van der Waals surface area contributed by atoms with Crippen LogP contribution in [-0.2, 0) is 11.4 Å². The molecule has 0 radical (unpaired) electrons. The number of ether oxygens (including phenoxy) is 1. The van der Waals surface area contributed by atoms with Crippen molar-refractivity contribution in [3.8, 4) is 5.75 Å². The van der Waals surface area contributed by atoms with Crippen LogP contribution in [0.5, 0.6) is 5.75 Å². The van der Waals surface area contributed by atoms with Gasteiger partial charge in [-0.1, -0.05) is 70.8 Å². The number of halogens is 3. The molecule has 0 spiro atoms. The second kappa shape index (κ2) is 11.2. The Morgan fingerprint density at radius 1 is 1.09 bits per heavy atom. The van der Waals surface area contributed by atoms with Crippen LogP contribution in [0.15, 0.2) is 70.1 Å². The Kier molecular flexibility index (Phi) is 8.11. The third kappa shape index (κ3) is 6.40. The summed E-state index contributed by atoms with van der Waals surface area (Å²) in [7, 11) is 0. The van der Waals surface area contributed by atoms with Gasteiger partial charge in [-0.2, -0.15) is 5.10 Å². The quantitative estimate of drug-likeness (QED) is 0.113. The maximum Gasteiger partial charge on any atom is 0.250 e. The second-order valence-electron chi connectivity index (χ2n) is 6.71. The molecule has 168 valence electrons. The van der Waals surface area contributed by atoms with Crippen molar-refractivity contribution in [3.63, 3.8) is 0 Å². The van der Waals surface area contributed by atoms with Gasteiger partial charge in [0.05, 0.1) is 32.2 Å². The predicted octanol–water partition coefficient (Wildman–Crippen LogP) is 7.08. The number of amides is 1. The minimum Gasteiger partial charge on any atom is -0.489 e. The number of carbonyl (C=O) groups excluding carboxylic acids is 1. The van der Waals surface area contributed by atoms with E-state index < -0.39 is 0 Å². The molecule has 1 heterocycles. The highest BCUT2D eigenvalue weighted by molar-refractivity contribution is 8.01. The van der Waals surface area contributed by atoms with Crippen LogP contribution >= 0.6 is 57.9 Å². The zero-order valence-electron chi connectivity index (χ0n) is 16.9. The number of thiazole rings is 1. The number of rotatable bonds is 8. The Balaban J connectivity index is 1.29. The lowest BCUT2D eigenvalue weighted by molar-refractivity contribution is -0.118. The van der Waals surface area contributed by atoms with Crippen LogP contribution in [0.1, 0.15) is 11.1 Å². The van der Waals surface area contributed by atoms with E-state index in [1.165, 1.54) is 11.8 Å². The lowest BCUT2D eigenvalue weighted by Gasteiger charge is -2.11. The van der Waals surface area contributed by atoms with E-state index in [4.69, 9.17) is 39.5 Å². The normalized spacial score (nSPS) is 11.2. The SMILES string of the molecule is O=C(CSc1nc2ccccc2s1)N/N=C/c1cccc(OCc2c(Cl)ccc(Cl)c2Cl)c1. The number of hydrogen-bond acceptors (Lipinski definition) is 6. The fourth-order valence-corrected chi connectivity index (χ4v) is 5.31. The number of para-hydroxylation sites is 1. The molecule has 0 bridgehead atoms.